The van der Waals surface area contributed by atoms with Crippen LogP contribution in [0.4, 0.5) is 16.2 Å². The van der Waals surface area contributed by atoms with Crippen LogP contribution in [0, 0.1) is 0 Å². The third-order valence-electron chi connectivity index (χ3n) is 5.54. The van der Waals surface area contributed by atoms with E-state index in [1.54, 1.807) is 30.3 Å². The molecule has 2 aromatic rings. The Hall–Kier alpha value is -2.86. The Balaban J connectivity index is 1.59. The molecule has 2 aromatic carbocycles. The van der Waals surface area contributed by atoms with Gasteiger partial charge in [-0.1, -0.05) is 30.3 Å². The van der Waals surface area contributed by atoms with Gasteiger partial charge in [0.05, 0.1) is 12.3 Å². The highest BCUT2D eigenvalue weighted by atomic mass is 16.7. The number of carbonyl (C=O) groups is 2. The largest absolute Gasteiger partial charge is 0.394 e. The molecule has 0 saturated carbocycles. The number of hydrogen-bond acceptors (Lipinski definition) is 8. The van der Waals surface area contributed by atoms with Crippen molar-refractivity contribution in [1.29, 1.82) is 0 Å². The molecule has 2 saturated heterocycles. The van der Waals surface area contributed by atoms with E-state index < -0.39 is 48.7 Å². The van der Waals surface area contributed by atoms with Crippen LogP contribution in [-0.2, 0) is 15.3 Å². The van der Waals surface area contributed by atoms with Crippen LogP contribution >= 0.6 is 0 Å². The Morgan fingerprint density at radius 3 is 2.19 bits per heavy atom. The first-order valence-electron chi connectivity index (χ1n) is 9.63. The summed E-state index contributed by atoms with van der Waals surface area (Å²) < 4.78 is 5.29. The number of aliphatic hydroxyl groups excluding tert-OH is 4. The molecule has 5 N–H and O–H groups in total. The van der Waals surface area contributed by atoms with E-state index in [0.717, 1.165) is 4.90 Å². The van der Waals surface area contributed by atoms with Crippen molar-refractivity contribution in [2.45, 2.75) is 30.2 Å². The average Bonchev–Trinajstić information content (AvgIpc) is 3.09. The number of hydrogen-bond donors (Lipinski definition) is 5. The smallest absolute Gasteiger partial charge is 0.336 e. The molecule has 1 unspecified atom stereocenters. The monoisotopic (exact) mass is 430 g/mol. The van der Waals surface area contributed by atoms with Crippen LogP contribution in [0.15, 0.2) is 54.6 Å². The predicted molar refractivity (Wildman–Crippen MR) is 107 cm³/mol. The number of urea groups is 1. The predicted octanol–water partition coefficient (Wildman–Crippen LogP) is -0.721. The van der Waals surface area contributed by atoms with Crippen LogP contribution in [-0.4, -0.2) is 75.0 Å². The van der Waals surface area contributed by atoms with Crippen molar-refractivity contribution < 1.29 is 39.9 Å². The fourth-order valence-corrected chi connectivity index (χ4v) is 3.81. The molecular weight excluding hydrogens is 408 g/mol. The SMILES string of the molecule is O=C1CN(c2ccc(C3(O)O[C@H](CO)[C@@H](O)[C@H](O)[C@H]3O)cc2)C(=O)N1c1ccccc1. The molecule has 31 heavy (non-hydrogen) atoms. The second-order valence-corrected chi connectivity index (χ2v) is 7.44. The third-order valence-corrected chi connectivity index (χ3v) is 5.54. The molecule has 0 spiro atoms. The summed E-state index contributed by atoms with van der Waals surface area (Å²) in [7, 11) is 0. The molecule has 4 rings (SSSR count). The second kappa shape index (κ2) is 8.00. The van der Waals surface area contributed by atoms with Gasteiger partial charge in [-0.05, 0) is 24.3 Å². The van der Waals surface area contributed by atoms with Crippen LogP contribution in [0.3, 0.4) is 0 Å². The van der Waals surface area contributed by atoms with Gasteiger partial charge in [-0.2, -0.15) is 0 Å². The van der Waals surface area contributed by atoms with E-state index >= 15 is 0 Å². The lowest BCUT2D eigenvalue weighted by Crippen LogP contribution is -2.63. The van der Waals surface area contributed by atoms with E-state index in [2.05, 4.69) is 0 Å². The first kappa shape index (κ1) is 21.4. The first-order chi connectivity index (χ1) is 14.8. The molecule has 3 amide bonds. The summed E-state index contributed by atoms with van der Waals surface area (Å²) in [5, 5.41) is 50.3. The molecule has 164 valence electrons. The number of para-hydroxylation sites is 1. The summed E-state index contributed by atoms with van der Waals surface area (Å²) in [5.74, 6) is -2.79. The third kappa shape index (κ3) is 3.49. The van der Waals surface area contributed by atoms with Gasteiger partial charge in [0, 0.05) is 11.3 Å². The Kier molecular flexibility index (Phi) is 5.52. The minimum Gasteiger partial charge on any atom is -0.394 e. The van der Waals surface area contributed by atoms with Crippen molar-refractivity contribution >= 4 is 23.3 Å². The standard InChI is InChI=1S/C21H22N2O8/c24-11-15-17(26)18(27)19(28)21(30,31-15)12-6-8-13(9-7-12)22-10-16(25)23(20(22)29)14-4-2-1-3-5-14/h1-9,15,17-19,24,26-28,30H,10-11H2/t15-,17-,18+,19-,21?/m1/s1. The molecule has 0 aliphatic carbocycles. The zero-order chi connectivity index (χ0) is 22.3. The summed E-state index contributed by atoms with van der Waals surface area (Å²) in [6.45, 7) is -0.862. The number of anilines is 2. The van der Waals surface area contributed by atoms with E-state index in [9.17, 15) is 35.1 Å². The number of rotatable bonds is 4. The molecule has 2 fully saturated rings. The number of benzene rings is 2. The van der Waals surface area contributed by atoms with Crippen molar-refractivity contribution in [2.75, 3.05) is 23.0 Å². The van der Waals surface area contributed by atoms with Crippen LogP contribution < -0.4 is 9.80 Å². The van der Waals surface area contributed by atoms with Crippen LogP contribution in [0.25, 0.3) is 0 Å². The van der Waals surface area contributed by atoms with Crippen molar-refractivity contribution in [3.05, 3.63) is 60.2 Å². The summed E-state index contributed by atoms with van der Waals surface area (Å²) in [6.07, 6.45) is -6.55. The highest BCUT2D eigenvalue weighted by Crippen LogP contribution is 2.37. The lowest BCUT2D eigenvalue weighted by molar-refractivity contribution is -0.357. The lowest BCUT2D eigenvalue weighted by Gasteiger charge is -2.45. The van der Waals surface area contributed by atoms with Gasteiger partial charge >= 0.3 is 6.03 Å². The van der Waals surface area contributed by atoms with Crippen LogP contribution in [0.5, 0.6) is 0 Å². The number of amides is 3. The molecule has 2 aliphatic rings. The lowest BCUT2D eigenvalue weighted by atomic mass is 9.88. The Labute approximate surface area is 177 Å². The van der Waals surface area contributed by atoms with Gasteiger partial charge < -0.3 is 30.3 Å². The maximum absolute atomic E-state index is 12.8. The quantitative estimate of drug-likeness (QED) is 0.399. The van der Waals surface area contributed by atoms with Gasteiger partial charge in [-0.25, -0.2) is 9.69 Å². The van der Waals surface area contributed by atoms with Gasteiger partial charge in [0.1, 0.15) is 31.0 Å². The van der Waals surface area contributed by atoms with Crippen molar-refractivity contribution in [2.24, 2.45) is 0 Å². The number of imide groups is 1. The fraction of sp³-hybridized carbons (Fsp3) is 0.333. The number of nitrogens with zero attached hydrogens (tertiary/aromatic N) is 2. The van der Waals surface area contributed by atoms with E-state index in [1.165, 1.54) is 29.2 Å². The molecule has 5 atom stereocenters. The van der Waals surface area contributed by atoms with E-state index in [0.29, 0.717) is 11.4 Å². The Bertz CT molecular complexity index is 967. The van der Waals surface area contributed by atoms with Crippen LogP contribution in [0.1, 0.15) is 5.56 Å². The molecule has 10 nitrogen and oxygen atoms in total. The van der Waals surface area contributed by atoms with Crippen molar-refractivity contribution in [3.8, 4) is 0 Å². The van der Waals surface area contributed by atoms with Gasteiger partial charge in [0.2, 0.25) is 5.79 Å². The molecule has 0 radical (unpaired) electrons. The molecule has 0 bridgehead atoms. The zero-order valence-electron chi connectivity index (χ0n) is 16.3. The summed E-state index contributed by atoms with van der Waals surface area (Å²) in [4.78, 5) is 27.5. The molecular formula is C21H22N2O8. The second-order valence-electron chi connectivity index (χ2n) is 7.44. The van der Waals surface area contributed by atoms with Gasteiger partial charge in [0.15, 0.2) is 0 Å². The fourth-order valence-electron chi connectivity index (χ4n) is 3.81. The zero-order valence-corrected chi connectivity index (χ0v) is 16.3. The van der Waals surface area contributed by atoms with Gasteiger partial charge in [-0.15, -0.1) is 0 Å². The molecule has 2 aliphatic heterocycles. The molecule has 2 heterocycles. The number of ether oxygens (including phenoxy) is 1. The van der Waals surface area contributed by atoms with E-state index in [4.69, 9.17) is 4.74 Å². The summed E-state index contributed by atoms with van der Waals surface area (Å²) in [5.41, 5.74) is 0.854. The van der Waals surface area contributed by atoms with E-state index in [-0.39, 0.29) is 12.1 Å². The number of carbonyl (C=O) groups excluding carboxylic acids is 2. The number of aliphatic hydroxyl groups is 5. The topological polar surface area (TPSA) is 151 Å². The summed E-state index contributed by atoms with van der Waals surface area (Å²) >= 11 is 0. The Morgan fingerprint density at radius 1 is 0.935 bits per heavy atom. The van der Waals surface area contributed by atoms with Crippen LogP contribution in [0.2, 0.25) is 0 Å². The first-order valence-corrected chi connectivity index (χ1v) is 9.63. The normalized spacial score (nSPS) is 31.4. The highest BCUT2D eigenvalue weighted by molar-refractivity contribution is 6.26. The van der Waals surface area contributed by atoms with Gasteiger partial charge in [-0.3, -0.25) is 9.69 Å². The van der Waals surface area contributed by atoms with Gasteiger partial charge in [0.25, 0.3) is 5.91 Å². The Morgan fingerprint density at radius 2 is 1.58 bits per heavy atom. The maximum Gasteiger partial charge on any atom is 0.336 e. The van der Waals surface area contributed by atoms with Crippen molar-refractivity contribution in [3.63, 3.8) is 0 Å². The highest BCUT2D eigenvalue weighted by Gasteiger charge is 2.53. The molecule has 0 aromatic heterocycles. The minimum atomic E-state index is -2.40. The molecule has 10 heteroatoms. The minimum absolute atomic E-state index is 0.0334. The maximum atomic E-state index is 12.8. The van der Waals surface area contributed by atoms with Crippen molar-refractivity contribution in [1.82, 2.24) is 0 Å². The van der Waals surface area contributed by atoms with E-state index in [1.807, 2.05) is 0 Å². The average molecular weight is 430 g/mol. The summed E-state index contributed by atoms with van der Waals surface area (Å²) in [6, 6.07) is 13.6.